The van der Waals surface area contributed by atoms with Gasteiger partial charge in [-0.3, -0.25) is 4.98 Å². The summed E-state index contributed by atoms with van der Waals surface area (Å²) in [5, 5.41) is 3.62. The van der Waals surface area contributed by atoms with Crippen LogP contribution in [0.25, 0.3) is 0 Å². The lowest BCUT2D eigenvalue weighted by atomic mass is 9.82. The van der Waals surface area contributed by atoms with Gasteiger partial charge in [-0.1, -0.05) is 30.3 Å². The highest BCUT2D eigenvalue weighted by Crippen LogP contribution is 2.33. The third kappa shape index (κ3) is 3.19. The second-order valence-electron chi connectivity index (χ2n) is 5.79. The van der Waals surface area contributed by atoms with Crippen LogP contribution in [-0.4, -0.2) is 11.0 Å². The molecule has 1 aliphatic carbocycles. The third-order valence-electron chi connectivity index (χ3n) is 4.28. The van der Waals surface area contributed by atoms with Crippen molar-refractivity contribution in [2.24, 2.45) is 0 Å². The summed E-state index contributed by atoms with van der Waals surface area (Å²) in [5.74, 6) is 0.741. The number of nitrogens with one attached hydrogen (secondary N) is 1. The molecule has 1 N–H and O–H groups in total. The van der Waals surface area contributed by atoms with Gasteiger partial charge in [0.1, 0.15) is 0 Å². The molecular formula is C18H22N2. The first kappa shape index (κ1) is 13.2. The molecule has 1 saturated carbocycles. The summed E-state index contributed by atoms with van der Waals surface area (Å²) >= 11 is 0. The van der Waals surface area contributed by atoms with Gasteiger partial charge in [-0.2, -0.15) is 0 Å². The smallest absolute Gasteiger partial charge is 0.0529 e. The number of rotatable bonds is 3. The predicted octanol–water partition coefficient (Wildman–Crippen LogP) is 4.53. The number of hydrogen-bond donors (Lipinski definition) is 1. The van der Waals surface area contributed by atoms with E-state index in [2.05, 4.69) is 52.8 Å². The molecule has 0 radical (unpaired) electrons. The van der Waals surface area contributed by atoms with Gasteiger partial charge in [-0.05, 0) is 56.2 Å². The molecule has 0 aliphatic heterocycles. The van der Waals surface area contributed by atoms with Crippen molar-refractivity contribution in [1.29, 1.82) is 0 Å². The van der Waals surface area contributed by atoms with E-state index in [0.717, 1.165) is 17.3 Å². The molecule has 1 aromatic carbocycles. The normalized spacial score (nSPS) is 22.4. The average Bonchev–Trinajstić information content (AvgIpc) is 2.51. The maximum Gasteiger partial charge on any atom is 0.0529 e. The number of nitrogens with zero attached hydrogens (tertiary/aromatic N) is 1. The Kier molecular flexibility index (Phi) is 4.00. The molecule has 3 rings (SSSR count). The fourth-order valence-corrected chi connectivity index (χ4v) is 3.09. The maximum atomic E-state index is 4.34. The number of anilines is 1. The van der Waals surface area contributed by atoms with Crippen LogP contribution >= 0.6 is 0 Å². The number of aryl methyl sites for hydroxylation is 1. The highest BCUT2D eigenvalue weighted by Gasteiger charge is 2.21. The van der Waals surface area contributed by atoms with Crippen molar-refractivity contribution in [1.82, 2.24) is 4.98 Å². The number of aromatic nitrogens is 1. The topological polar surface area (TPSA) is 24.9 Å². The first-order chi connectivity index (χ1) is 9.81. The fourth-order valence-electron chi connectivity index (χ4n) is 3.09. The van der Waals surface area contributed by atoms with E-state index < -0.39 is 0 Å². The molecule has 1 aliphatic rings. The molecule has 0 amide bonds. The molecule has 1 fully saturated rings. The SMILES string of the molecule is Cc1ccc(NC2CCC(c3ccccc3)CC2)cn1. The molecule has 2 heteroatoms. The van der Waals surface area contributed by atoms with Crippen molar-refractivity contribution >= 4 is 5.69 Å². The van der Waals surface area contributed by atoms with E-state index in [1.165, 1.54) is 31.2 Å². The zero-order chi connectivity index (χ0) is 13.8. The van der Waals surface area contributed by atoms with Gasteiger partial charge >= 0.3 is 0 Å². The van der Waals surface area contributed by atoms with E-state index in [1.54, 1.807) is 0 Å². The van der Waals surface area contributed by atoms with E-state index >= 15 is 0 Å². The molecule has 2 nitrogen and oxygen atoms in total. The van der Waals surface area contributed by atoms with Gasteiger partial charge in [0.2, 0.25) is 0 Å². The van der Waals surface area contributed by atoms with Crippen LogP contribution < -0.4 is 5.32 Å². The van der Waals surface area contributed by atoms with Crippen LogP contribution in [0, 0.1) is 6.92 Å². The van der Waals surface area contributed by atoms with Crippen LogP contribution in [0.2, 0.25) is 0 Å². The Labute approximate surface area is 121 Å². The monoisotopic (exact) mass is 266 g/mol. The van der Waals surface area contributed by atoms with E-state index in [1.807, 2.05) is 13.1 Å². The number of pyridine rings is 1. The molecule has 0 spiro atoms. The summed E-state index contributed by atoms with van der Waals surface area (Å²) < 4.78 is 0. The van der Waals surface area contributed by atoms with Gasteiger partial charge in [0.05, 0.1) is 11.9 Å². The summed E-state index contributed by atoms with van der Waals surface area (Å²) in [7, 11) is 0. The van der Waals surface area contributed by atoms with Gasteiger partial charge in [0.25, 0.3) is 0 Å². The molecule has 104 valence electrons. The van der Waals surface area contributed by atoms with Crippen LogP contribution in [0.4, 0.5) is 5.69 Å². The Bertz CT molecular complexity index is 525. The van der Waals surface area contributed by atoms with E-state index in [0.29, 0.717) is 6.04 Å². The van der Waals surface area contributed by atoms with Crippen LogP contribution in [0.1, 0.15) is 42.9 Å². The van der Waals surface area contributed by atoms with Crippen molar-refractivity contribution < 1.29 is 0 Å². The molecule has 20 heavy (non-hydrogen) atoms. The lowest BCUT2D eigenvalue weighted by Gasteiger charge is -2.30. The Morgan fingerprint density at radius 1 is 0.950 bits per heavy atom. The maximum absolute atomic E-state index is 4.34. The molecule has 0 unspecified atom stereocenters. The summed E-state index contributed by atoms with van der Waals surface area (Å²) in [4.78, 5) is 4.34. The van der Waals surface area contributed by atoms with Crippen molar-refractivity contribution in [3.8, 4) is 0 Å². The largest absolute Gasteiger partial charge is 0.381 e. The van der Waals surface area contributed by atoms with Crippen LogP contribution in [0.15, 0.2) is 48.7 Å². The second kappa shape index (κ2) is 6.08. The number of benzene rings is 1. The minimum Gasteiger partial charge on any atom is -0.381 e. The standard InChI is InChI=1S/C18H22N2/c1-14-7-10-18(13-19-14)20-17-11-8-16(9-12-17)15-5-3-2-4-6-15/h2-7,10,13,16-17,20H,8-9,11-12H2,1H3. The lowest BCUT2D eigenvalue weighted by molar-refractivity contribution is 0.412. The average molecular weight is 266 g/mol. The van der Waals surface area contributed by atoms with Crippen LogP contribution in [0.5, 0.6) is 0 Å². The molecule has 2 aromatic rings. The highest BCUT2D eigenvalue weighted by molar-refractivity contribution is 5.42. The molecule has 0 saturated heterocycles. The van der Waals surface area contributed by atoms with Gasteiger partial charge < -0.3 is 5.32 Å². The second-order valence-corrected chi connectivity index (χ2v) is 5.79. The van der Waals surface area contributed by atoms with E-state index in [-0.39, 0.29) is 0 Å². The molecular weight excluding hydrogens is 244 g/mol. The quantitative estimate of drug-likeness (QED) is 0.883. The number of hydrogen-bond acceptors (Lipinski definition) is 2. The van der Waals surface area contributed by atoms with Gasteiger partial charge in [0, 0.05) is 11.7 Å². The minimum absolute atomic E-state index is 0.597. The van der Waals surface area contributed by atoms with Crippen LogP contribution in [-0.2, 0) is 0 Å². The Hall–Kier alpha value is -1.83. The lowest BCUT2D eigenvalue weighted by Crippen LogP contribution is -2.25. The Morgan fingerprint density at radius 3 is 2.35 bits per heavy atom. The Balaban J connectivity index is 1.55. The molecule has 1 aromatic heterocycles. The zero-order valence-electron chi connectivity index (χ0n) is 12.0. The minimum atomic E-state index is 0.597. The summed E-state index contributed by atoms with van der Waals surface area (Å²) in [5.41, 5.74) is 3.73. The summed E-state index contributed by atoms with van der Waals surface area (Å²) in [6.07, 6.45) is 6.99. The van der Waals surface area contributed by atoms with Crippen molar-refractivity contribution in [3.05, 3.63) is 59.9 Å². The highest BCUT2D eigenvalue weighted by atomic mass is 14.9. The molecule has 0 bridgehead atoms. The van der Waals surface area contributed by atoms with Crippen molar-refractivity contribution in [2.45, 2.75) is 44.6 Å². The van der Waals surface area contributed by atoms with E-state index in [4.69, 9.17) is 0 Å². The van der Waals surface area contributed by atoms with Crippen molar-refractivity contribution in [2.75, 3.05) is 5.32 Å². The van der Waals surface area contributed by atoms with Gasteiger partial charge in [0.15, 0.2) is 0 Å². The first-order valence-corrected chi connectivity index (χ1v) is 7.55. The van der Waals surface area contributed by atoms with Gasteiger partial charge in [-0.25, -0.2) is 0 Å². The molecule has 1 heterocycles. The van der Waals surface area contributed by atoms with Crippen molar-refractivity contribution in [3.63, 3.8) is 0 Å². The zero-order valence-corrected chi connectivity index (χ0v) is 12.0. The fraction of sp³-hybridized carbons (Fsp3) is 0.389. The van der Waals surface area contributed by atoms with E-state index in [9.17, 15) is 0 Å². The summed E-state index contributed by atoms with van der Waals surface area (Å²) in [6.45, 7) is 2.02. The predicted molar refractivity (Wildman–Crippen MR) is 84.0 cm³/mol. The third-order valence-corrected chi connectivity index (χ3v) is 4.28. The summed E-state index contributed by atoms with van der Waals surface area (Å²) in [6, 6.07) is 15.7. The Morgan fingerprint density at radius 2 is 1.70 bits per heavy atom. The van der Waals surface area contributed by atoms with Gasteiger partial charge in [-0.15, -0.1) is 0 Å². The molecule has 0 atom stereocenters. The van der Waals surface area contributed by atoms with Crippen LogP contribution in [0.3, 0.4) is 0 Å². The first-order valence-electron chi connectivity index (χ1n) is 7.55.